The molecule has 22 heavy (non-hydrogen) atoms. The quantitative estimate of drug-likeness (QED) is 0.423. The van der Waals surface area contributed by atoms with Crippen LogP contribution in [0.4, 0.5) is 0 Å². The number of unbranched alkanes of at least 4 members (excludes halogenated alkanes) is 1. The molecule has 0 fully saturated rings. The predicted molar refractivity (Wildman–Crippen MR) is 94.7 cm³/mol. The summed E-state index contributed by atoms with van der Waals surface area (Å²) in [6.07, 6.45) is 3.89. The molecule has 0 atom stereocenters. The van der Waals surface area contributed by atoms with Crippen molar-refractivity contribution in [3.05, 3.63) is 83.4 Å². The molecule has 1 heteroatoms. The molecule has 0 N–H and O–H groups in total. The zero-order chi connectivity index (χ0) is 15.5. The van der Waals surface area contributed by atoms with Crippen molar-refractivity contribution in [1.29, 1.82) is 0 Å². The van der Waals surface area contributed by atoms with Gasteiger partial charge in [-0.05, 0) is 37.1 Å². The van der Waals surface area contributed by atoms with E-state index < -0.39 is 0 Å². The minimum absolute atomic E-state index is 0.655. The molecule has 0 aromatic heterocycles. The average Bonchev–Trinajstić information content (AvgIpc) is 2.59. The SMILES string of the molecule is ClCCCC=C(C#Cc1ccccc1)C#Cc1ccccc1. The molecule has 0 bridgehead atoms. The summed E-state index contributed by atoms with van der Waals surface area (Å²) < 4.78 is 0. The lowest BCUT2D eigenvalue weighted by atomic mass is 10.1. The summed E-state index contributed by atoms with van der Waals surface area (Å²) in [6.45, 7) is 0. The molecule has 2 rings (SSSR count). The van der Waals surface area contributed by atoms with Crippen molar-refractivity contribution >= 4 is 11.6 Å². The van der Waals surface area contributed by atoms with Crippen LogP contribution in [0.1, 0.15) is 24.0 Å². The van der Waals surface area contributed by atoms with E-state index in [1.807, 2.05) is 60.7 Å². The van der Waals surface area contributed by atoms with Gasteiger partial charge in [0.2, 0.25) is 0 Å². The number of halogens is 1. The van der Waals surface area contributed by atoms with Gasteiger partial charge in [-0.3, -0.25) is 0 Å². The Balaban J connectivity index is 2.19. The molecule has 2 aromatic carbocycles. The van der Waals surface area contributed by atoms with Gasteiger partial charge in [-0.2, -0.15) is 0 Å². The molecule has 0 aliphatic rings. The van der Waals surface area contributed by atoms with Crippen molar-refractivity contribution in [1.82, 2.24) is 0 Å². The van der Waals surface area contributed by atoms with Crippen molar-refractivity contribution in [3.63, 3.8) is 0 Å². The van der Waals surface area contributed by atoms with Gasteiger partial charge in [0.05, 0.1) is 5.57 Å². The first kappa shape index (κ1) is 16.0. The van der Waals surface area contributed by atoms with Gasteiger partial charge >= 0.3 is 0 Å². The first-order valence-corrected chi connectivity index (χ1v) is 7.82. The van der Waals surface area contributed by atoms with E-state index in [0.29, 0.717) is 5.88 Å². The highest BCUT2D eigenvalue weighted by Gasteiger charge is 1.89. The van der Waals surface area contributed by atoms with Crippen LogP contribution in [0.15, 0.2) is 72.3 Å². The summed E-state index contributed by atoms with van der Waals surface area (Å²) in [5.74, 6) is 13.3. The minimum atomic E-state index is 0.655. The molecule has 0 spiro atoms. The highest BCUT2D eigenvalue weighted by atomic mass is 35.5. The van der Waals surface area contributed by atoms with E-state index >= 15 is 0 Å². The summed E-state index contributed by atoms with van der Waals surface area (Å²) in [4.78, 5) is 0. The van der Waals surface area contributed by atoms with Crippen LogP contribution in [-0.4, -0.2) is 5.88 Å². The standard InChI is InChI=1S/C21H17Cl/c22-18-8-7-13-21(16-14-19-9-3-1-4-10-19)17-15-20-11-5-2-6-12-20/h1-6,9-13H,7-8,18H2. The highest BCUT2D eigenvalue weighted by Crippen LogP contribution is 2.02. The fourth-order valence-electron chi connectivity index (χ4n) is 1.78. The molecule has 0 aliphatic heterocycles. The van der Waals surface area contributed by atoms with E-state index in [2.05, 4.69) is 29.8 Å². The molecule has 2 aromatic rings. The number of allylic oxidation sites excluding steroid dienone is 2. The van der Waals surface area contributed by atoms with Gasteiger partial charge in [-0.25, -0.2) is 0 Å². The van der Waals surface area contributed by atoms with E-state index in [1.54, 1.807) is 0 Å². The maximum Gasteiger partial charge on any atom is 0.0711 e. The Bertz CT molecular complexity index is 660. The first-order valence-electron chi connectivity index (χ1n) is 7.29. The van der Waals surface area contributed by atoms with Crippen LogP contribution in [0.25, 0.3) is 0 Å². The van der Waals surface area contributed by atoms with E-state index in [1.165, 1.54) is 0 Å². The third-order valence-electron chi connectivity index (χ3n) is 2.92. The van der Waals surface area contributed by atoms with Crippen LogP contribution in [0.5, 0.6) is 0 Å². The molecule has 0 radical (unpaired) electrons. The number of hydrogen-bond donors (Lipinski definition) is 0. The van der Waals surface area contributed by atoms with E-state index in [9.17, 15) is 0 Å². The number of hydrogen-bond acceptors (Lipinski definition) is 0. The van der Waals surface area contributed by atoms with E-state index in [-0.39, 0.29) is 0 Å². The molecule has 0 amide bonds. The lowest BCUT2D eigenvalue weighted by Crippen LogP contribution is -1.80. The zero-order valence-electron chi connectivity index (χ0n) is 12.4. The van der Waals surface area contributed by atoms with Crippen LogP contribution in [-0.2, 0) is 0 Å². The maximum absolute atomic E-state index is 5.73. The van der Waals surface area contributed by atoms with Crippen molar-refractivity contribution in [2.75, 3.05) is 5.88 Å². The smallest absolute Gasteiger partial charge is 0.0711 e. The van der Waals surface area contributed by atoms with E-state index in [0.717, 1.165) is 29.5 Å². The van der Waals surface area contributed by atoms with Gasteiger partial charge in [0.25, 0.3) is 0 Å². The molecule has 0 aliphatic carbocycles. The van der Waals surface area contributed by atoms with Crippen LogP contribution in [0, 0.1) is 23.7 Å². The Morgan fingerprint density at radius 1 is 0.818 bits per heavy atom. The summed E-state index contributed by atoms with van der Waals surface area (Å²) in [7, 11) is 0. The van der Waals surface area contributed by atoms with Crippen LogP contribution in [0.2, 0.25) is 0 Å². The first-order chi connectivity index (χ1) is 10.9. The van der Waals surface area contributed by atoms with Gasteiger partial charge in [0.15, 0.2) is 0 Å². The van der Waals surface area contributed by atoms with Crippen molar-refractivity contribution in [3.8, 4) is 23.7 Å². The fraction of sp³-hybridized carbons (Fsp3) is 0.143. The van der Waals surface area contributed by atoms with Crippen molar-refractivity contribution < 1.29 is 0 Å². The maximum atomic E-state index is 5.73. The topological polar surface area (TPSA) is 0 Å². The lowest BCUT2D eigenvalue weighted by Gasteiger charge is -1.91. The summed E-state index contributed by atoms with van der Waals surface area (Å²) in [5, 5.41) is 0. The number of alkyl halides is 1. The molecule has 0 nitrogen and oxygen atoms in total. The predicted octanol–water partition coefficient (Wildman–Crippen LogP) is 5.04. The second-order valence-corrected chi connectivity index (χ2v) is 5.06. The normalized spacial score (nSPS) is 8.95. The molecule has 0 unspecified atom stereocenters. The Labute approximate surface area is 137 Å². The summed E-state index contributed by atoms with van der Waals surface area (Å²) in [5.41, 5.74) is 2.83. The van der Waals surface area contributed by atoms with Crippen LogP contribution in [0.3, 0.4) is 0 Å². The van der Waals surface area contributed by atoms with Gasteiger partial charge in [0, 0.05) is 17.0 Å². The van der Waals surface area contributed by atoms with Crippen molar-refractivity contribution in [2.45, 2.75) is 12.8 Å². The second-order valence-electron chi connectivity index (χ2n) is 4.68. The lowest BCUT2D eigenvalue weighted by molar-refractivity contribution is 0.964. The Morgan fingerprint density at radius 2 is 1.32 bits per heavy atom. The molecule has 0 saturated carbocycles. The minimum Gasteiger partial charge on any atom is -0.127 e. The van der Waals surface area contributed by atoms with Crippen LogP contribution >= 0.6 is 11.6 Å². The summed E-state index contributed by atoms with van der Waals surface area (Å²) >= 11 is 5.73. The number of benzene rings is 2. The molecule has 0 heterocycles. The third kappa shape index (κ3) is 5.92. The Hall–Kier alpha value is -2.41. The highest BCUT2D eigenvalue weighted by molar-refractivity contribution is 6.17. The monoisotopic (exact) mass is 304 g/mol. The Morgan fingerprint density at radius 3 is 1.77 bits per heavy atom. The zero-order valence-corrected chi connectivity index (χ0v) is 13.1. The fourth-order valence-corrected chi connectivity index (χ4v) is 1.93. The van der Waals surface area contributed by atoms with Crippen molar-refractivity contribution in [2.24, 2.45) is 0 Å². The molecular weight excluding hydrogens is 288 g/mol. The second kappa shape index (κ2) is 9.51. The van der Waals surface area contributed by atoms with Gasteiger partial charge in [-0.15, -0.1) is 11.6 Å². The van der Waals surface area contributed by atoms with Gasteiger partial charge in [-0.1, -0.05) is 66.2 Å². The summed E-state index contributed by atoms with van der Waals surface area (Å²) in [6, 6.07) is 19.9. The van der Waals surface area contributed by atoms with Crippen LogP contribution < -0.4 is 0 Å². The molecular formula is C21H17Cl. The molecule has 108 valence electrons. The third-order valence-corrected chi connectivity index (χ3v) is 3.18. The number of rotatable bonds is 3. The van der Waals surface area contributed by atoms with E-state index in [4.69, 9.17) is 11.6 Å². The largest absolute Gasteiger partial charge is 0.127 e. The van der Waals surface area contributed by atoms with Gasteiger partial charge < -0.3 is 0 Å². The molecule has 0 saturated heterocycles. The Kier molecular flexibility index (Phi) is 6.90. The van der Waals surface area contributed by atoms with Gasteiger partial charge in [0.1, 0.15) is 0 Å². The average molecular weight is 305 g/mol.